The number of hydrogen-bond donors (Lipinski definition) is 1. The summed E-state index contributed by atoms with van der Waals surface area (Å²) in [6.07, 6.45) is 2.57. The van der Waals surface area contributed by atoms with Crippen LogP contribution in [0.15, 0.2) is 47.9 Å². The van der Waals surface area contributed by atoms with Gasteiger partial charge in [0.1, 0.15) is 6.33 Å². The standard InChI is InChI=1S/C21H24N4OS/c1-5-17-8-6-7-15(3)20(17)23-19(26)12-27-21-24-22-13-25(21)18-10-9-14(2)11-16(18)4/h6-11,13H,5,12H2,1-4H3,(H,23,26). The van der Waals surface area contributed by atoms with Crippen LogP contribution in [0.2, 0.25) is 0 Å². The number of carbonyl (C=O) groups excluding carboxylic acids is 1. The van der Waals surface area contributed by atoms with Gasteiger partial charge < -0.3 is 5.32 Å². The van der Waals surface area contributed by atoms with Crippen LogP contribution >= 0.6 is 11.8 Å². The Hall–Kier alpha value is -2.60. The highest BCUT2D eigenvalue weighted by atomic mass is 32.2. The van der Waals surface area contributed by atoms with E-state index in [9.17, 15) is 4.79 Å². The third-order valence-electron chi connectivity index (χ3n) is 4.47. The second kappa shape index (κ2) is 8.39. The predicted octanol–water partition coefficient (Wildman–Crippen LogP) is 4.49. The lowest BCUT2D eigenvalue weighted by Crippen LogP contribution is -2.16. The van der Waals surface area contributed by atoms with E-state index in [4.69, 9.17) is 0 Å². The molecule has 0 unspecified atom stereocenters. The minimum atomic E-state index is -0.0424. The molecule has 0 saturated carbocycles. The highest BCUT2D eigenvalue weighted by Crippen LogP contribution is 2.24. The quantitative estimate of drug-likeness (QED) is 0.640. The van der Waals surface area contributed by atoms with Gasteiger partial charge in [-0.3, -0.25) is 9.36 Å². The van der Waals surface area contributed by atoms with Gasteiger partial charge in [-0.1, -0.05) is 54.6 Å². The molecule has 1 N–H and O–H groups in total. The zero-order valence-electron chi connectivity index (χ0n) is 16.1. The molecule has 5 nitrogen and oxygen atoms in total. The molecule has 0 bridgehead atoms. The molecule has 3 aromatic rings. The Morgan fingerprint density at radius 1 is 1.15 bits per heavy atom. The van der Waals surface area contributed by atoms with Gasteiger partial charge in [0.25, 0.3) is 0 Å². The number of amides is 1. The summed E-state index contributed by atoms with van der Waals surface area (Å²) >= 11 is 1.39. The average Bonchev–Trinajstić information content (AvgIpc) is 3.10. The molecule has 2 aromatic carbocycles. The minimum Gasteiger partial charge on any atom is -0.325 e. The molecule has 27 heavy (non-hydrogen) atoms. The van der Waals surface area contributed by atoms with E-state index in [1.807, 2.05) is 29.7 Å². The first-order valence-corrected chi connectivity index (χ1v) is 9.97. The van der Waals surface area contributed by atoms with Crippen molar-refractivity contribution in [3.8, 4) is 5.69 Å². The van der Waals surface area contributed by atoms with Crippen LogP contribution in [0.1, 0.15) is 29.2 Å². The Morgan fingerprint density at radius 2 is 1.96 bits per heavy atom. The molecule has 0 saturated heterocycles. The summed E-state index contributed by atoms with van der Waals surface area (Å²) < 4.78 is 1.93. The van der Waals surface area contributed by atoms with Gasteiger partial charge in [0.2, 0.25) is 5.91 Å². The average molecular weight is 381 g/mol. The zero-order valence-corrected chi connectivity index (χ0v) is 16.9. The first-order valence-electron chi connectivity index (χ1n) is 8.98. The number of nitrogens with one attached hydrogen (secondary N) is 1. The largest absolute Gasteiger partial charge is 0.325 e. The third-order valence-corrected chi connectivity index (χ3v) is 5.41. The van der Waals surface area contributed by atoms with Crippen LogP contribution < -0.4 is 5.32 Å². The molecule has 0 aliphatic rings. The van der Waals surface area contributed by atoms with E-state index in [1.54, 1.807) is 6.33 Å². The highest BCUT2D eigenvalue weighted by Gasteiger charge is 2.13. The van der Waals surface area contributed by atoms with Crippen molar-refractivity contribution in [1.29, 1.82) is 0 Å². The molecule has 0 spiro atoms. The van der Waals surface area contributed by atoms with Crippen molar-refractivity contribution in [2.45, 2.75) is 39.3 Å². The maximum atomic E-state index is 12.5. The number of nitrogens with zero attached hydrogens (tertiary/aromatic N) is 3. The second-order valence-corrected chi connectivity index (χ2v) is 7.52. The van der Waals surface area contributed by atoms with Crippen LogP contribution in [0.5, 0.6) is 0 Å². The zero-order chi connectivity index (χ0) is 19.4. The summed E-state index contributed by atoms with van der Waals surface area (Å²) in [5.41, 5.74) is 6.52. The van der Waals surface area contributed by atoms with Crippen molar-refractivity contribution in [2.75, 3.05) is 11.1 Å². The summed E-state index contributed by atoms with van der Waals surface area (Å²) in [4.78, 5) is 12.5. The van der Waals surface area contributed by atoms with E-state index in [0.717, 1.165) is 34.5 Å². The molecule has 1 amide bonds. The number of hydrogen-bond acceptors (Lipinski definition) is 4. The fourth-order valence-corrected chi connectivity index (χ4v) is 3.79. The number of aromatic nitrogens is 3. The normalized spacial score (nSPS) is 10.8. The lowest BCUT2D eigenvalue weighted by molar-refractivity contribution is -0.113. The number of para-hydroxylation sites is 1. The SMILES string of the molecule is CCc1cccc(C)c1NC(=O)CSc1nncn1-c1ccc(C)cc1C. The van der Waals surface area contributed by atoms with Gasteiger partial charge in [-0.05, 0) is 49.9 Å². The molecule has 1 aromatic heterocycles. The first-order chi connectivity index (χ1) is 13.0. The third kappa shape index (κ3) is 4.39. The fraction of sp³-hybridized carbons (Fsp3) is 0.286. The topological polar surface area (TPSA) is 59.8 Å². The van der Waals surface area contributed by atoms with Gasteiger partial charge in [-0.15, -0.1) is 10.2 Å². The van der Waals surface area contributed by atoms with Crippen molar-refractivity contribution in [2.24, 2.45) is 0 Å². The molecule has 0 aliphatic carbocycles. The summed E-state index contributed by atoms with van der Waals surface area (Å²) in [5, 5.41) is 12.0. The summed E-state index contributed by atoms with van der Waals surface area (Å²) in [6.45, 7) is 8.23. The molecule has 0 atom stereocenters. The highest BCUT2D eigenvalue weighted by molar-refractivity contribution is 7.99. The monoisotopic (exact) mass is 380 g/mol. The van der Waals surface area contributed by atoms with Crippen molar-refractivity contribution < 1.29 is 4.79 Å². The van der Waals surface area contributed by atoms with Crippen molar-refractivity contribution in [3.63, 3.8) is 0 Å². The van der Waals surface area contributed by atoms with Crippen molar-refractivity contribution in [1.82, 2.24) is 14.8 Å². The lowest BCUT2D eigenvalue weighted by Gasteiger charge is -2.13. The van der Waals surface area contributed by atoms with E-state index in [2.05, 4.69) is 54.5 Å². The lowest BCUT2D eigenvalue weighted by atomic mass is 10.1. The number of aryl methyl sites for hydroxylation is 4. The Bertz CT molecular complexity index is 965. The van der Waals surface area contributed by atoms with E-state index < -0.39 is 0 Å². The molecule has 1 heterocycles. The molecule has 140 valence electrons. The number of anilines is 1. The van der Waals surface area contributed by atoms with Gasteiger partial charge in [-0.25, -0.2) is 0 Å². The van der Waals surface area contributed by atoms with Crippen LogP contribution in [0.4, 0.5) is 5.69 Å². The van der Waals surface area contributed by atoms with E-state index in [0.29, 0.717) is 5.16 Å². The van der Waals surface area contributed by atoms with Gasteiger partial charge in [0, 0.05) is 5.69 Å². The first kappa shape index (κ1) is 19.2. The van der Waals surface area contributed by atoms with Crippen molar-refractivity contribution in [3.05, 3.63) is 65.0 Å². The summed E-state index contributed by atoms with van der Waals surface area (Å²) in [5.74, 6) is 0.236. The van der Waals surface area contributed by atoms with Crippen LogP contribution in [0.3, 0.4) is 0 Å². The van der Waals surface area contributed by atoms with Crippen molar-refractivity contribution >= 4 is 23.4 Å². The van der Waals surface area contributed by atoms with E-state index >= 15 is 0 Å². The second-order valence-electron chi connectivity index (χ2n) is 6.57. The van der Waals surface area contributed by atoms with Gasteiger partial charge in [0.05, 0.1) is 11.4 Å². The fourth-order valence-electron chi connectivity index (χ4n) is 3.07. The van der Waals surface area contributed by atoms with E-state index in [1.165, 1.54) is 17.3 Å². The number of thioether (sulfide) groups is 1. The van der Waals surface area contributed by atoms with Crippen LogP contribution in [-0.2, 0) is 11.2 Å². The van der Waals surface area contributed by atoms with Gasteiger partial charge in [0.15, 0.2) is 5.16 Å². The summed E-state index contributed by atoms with van der Waals surface area (Å²) in [6, 6.07) is 12.3. The Labute approximate surface area is 164 Å². The molecule has 6 heteroatoms. The maximum Gasteiger partial charge on any atom is 0.234 e. The van der Waals surface area contributed by atoms with E-state index in [-0.39, 0.29) is 11.7 Å². The molecule has 0 fully saturated rings. The Morgan fingerprint density at radius 3 is 2.70 bits per heavy atom. The Balaban J connectivity index is 1.72. The number of benzene rings is 2. The van der Waals surface area contributed by atoms with Crippen LogP contribution in [0, 0.1) is 20.8 Å². The molecule has 0 radical (unpaired) electrons. The van der Waals surface area contributed by atoms with Crippen LogP contribution in [0.25, 0.3) is 5.69 Å². The molecular formula is C21H24N4OS. The number of rotatable bonds is 6. The minimum absolute atomic E-state index is 0.0424. The predicted molar refractivity (Wildman–Crippen MR) is 111 cm³/mol. The van der Waals surface area contributed by atoms with Crippen LogP contribution in [-0.4, -0.2) is 26.4 Å². The molecule has 3 rings (SSSR count). The summed E-state index contributed by atoms with van der Waals surface area (Å²) in [7, 11) is 0. The Kier molecular flexibility index (Phi) is 5.96. The van der Waals surface area contributed by atoms with Gasteiger partial charge in [-0.2, -0.15) is 0 Å². The maximum absolute atomic E-state index is 12.5. The number of carbonyl (C=O) groups is 1. The van der Waals surface area contributed by atoms with Gasteiger partial charge >= 0.3 is 0 Å². The smallest absolute Gasteiger partial charge is 0.234 e. The molecule has 0 aliphatic heterocycles. The molecular weight excluding hydrogens is 356 g/mol.